The summed E-state index contributed by atoms with van der Waals surface area (Å²) in [6.07, 6.45) is 0.818. The van der Waals surface area contributed by atoms with Crippen molar-refractivity contribution in [2.24, 2.45) is 0 Å². The second-order valence-electron chi connectivity index (χ2n) is 4.65. The van der Waals surface area contributed by atoms with Crippen molar-refractivity contribution in [2.45, 2.75) is 34.1 Å². The van der Waals surface area contributed by atoms with Gasteiger partial charge < -0.3 is 10.1 Å². The van der Waals surface area contributed by atoms with Gasteiger partial charge in [-0.1, -0.05) is 6.92 Å². The Bertz CT molecular complexity index is 626. The first kappa shape index (κ1) is 14.2. The van der Waals surface area contributed by atoms with Crippen LogP contribution in [0.15, 0.2) is 12.1 Å². The van der Waals surface area contributed by atoms with E-state index < -0.39 is 0 Å². The van der Waals surface area contributed by atoms with E-state index >= 15 is 0 Å². The van der Waals surface area contributed by atoms with Gasteiger partial charge in [-0.2, -0.15) is 4.98 Å². The quantitative estimate of drug-likeness (QED) is 0.926. The molecule has 0 spiro atoms. The van der Waals surface area contributed by atoms with E-state index in [9.17, 15) is 0 Å². The Hall–Kier alpha value is -2.17. The number of nitrogens with zero attached hydrogens (tertiary/aromatic N) is 3. The molecule has 0 aliphatic carbocycles. The van der Waals surface area contributed by atoms with Crippen molar-refractivity contribution in [1.29, 1.82) is 0 Å². The highest BCUT2D eigenvalue weighted by Crippen LogP contribution is 2.28. The topological polar surface area (TPSA) is 59.9 Å². The molecular weight excluding hydrogens is 252 g/mol. The van der Waals surface area contributed by atoms with Gasteiger partial charge in [0.1, 0.15) is 11.6 Å². The maximum Gasteiger partial charge on any atom is 0.227 e. The van der Waals surface area contributed by atoms with Crippen LogP contribution in [0.1, 0.15) is 29.7 Å². The summed E-state index contributed by atoms with van der Waals surface area (Å²) < 4.78 is 5.96. The fourth-order valence-electron chi connectivity index (χ4n) is 1.99. The summed E-state index contributed by atoms with van der Waals surface area (Å²) in [7, 11) is 1.84. The zero-order chi connectivity index (χ0) is 14.7. The smallest absolute Gasteiger partial charge is 0.227 e. The molecule has 0 saturated carbocycles. The number of aryl methyl sites for hydroxylation is 3. The summed E-state index contributed by atoms with van der Waals surface area (Å²) in [6.45, 7) is 7.82. The second kappa shape index (κ2) is 5.86. The first-order valence-electron chi connectivity index (χ1n) is 6.72. The van der Waals surface area contributed by atoms with Gasteiger partial charge in [-0.25, -0.2) is 4.98 Å². The van der Waals surface area contributed by atoms with Crippen LogP contribution in [0.25, 0.3) is 0 Å². The Morgan fingerprint density at radius 1 is 1.10 bits per heavy atom. The predicted octanol–water partition coefficient (Wildman–Crippen LogP) is 3.19. The maximum atomic E-state index is 5.96. The molecular formula is C15H20N4O. The molecule has 0 aliphatic heterocycles. The Balaban J connectivity index is 2.42. The molecule has 5 nitrogen and oxygen atoms in total. The zero-order valence-corrected chi connectivity index (χ0v) is 12.6. The lowest BCUT2D eigenvalue weighted by atomic mass is 10.2. The molecule has 2 aromatic heterocycles. The summed E-state index contributed by atoms with van der Waals surface area (Å²) in [6, 6.07) is 3.88. The molecule has 2 heterocycles. The maximum absolute atomic E-state index is 5.96. The SMILES string of the molecule is CCc1nc(C)ccc1Oc1nc(C)nc(NC)c1C. The van der Waals surface area contributed by atoms with Gasteiger partial charge in [-0.15, -0.1) is 0 Å². The molecule has 2 aromatic rings. The predicted molar refractivity (Wildman–Crippen MR) is 79.5 cm³/mol. The van der Waals surface area contributed by atoms with Crippen LogP contribution in [-0.2, 0) is 6.42 Å². The molecule has 5 heteroatoms. The highest BCUT2D eigenvalue weighted by molar-refractivity contribution is 5.49. The molecule has 0 radical (unpaired) electrons. The Kier molecular flexibility index (Phi) is 4.17. The van der Waals surface area contributed by atoms with E-state index in [0.29, 0.717) is 11.7 Å². The van der Waals surface area contributed by atoms with Gasteiger partial charge in [0.05, 0.1) is 11.3 Å². The van der Waals surface area contributed by atoms with Gasteiger partial charge in [-0.3, -0.25) is 4.98 Å². The standard InChI is InChI=1S/C15H20N4O/c1-6-12-13(8-7-9(2)17-12)20-15-10(3)14(16-5)18-11(4)19-15/h7-8H,6H2,1-5H3,(H,16,18,19). The summed E-state index contributed by atoms with van der Waals surface area (Å²) >= 11 is 0. The molecule has 0 saturated heterocycles. The average Bonchev–Trinajstić information content (AvgIpc) is 2.44. The summed E-state index contributed by atoms with van der Waals surface area (Å²) in [5.41, 5.74) is 2.81. The first-order chi connectivity index (χ1) is 9.55. The van der Waals surface area contributed by atoms with E-state index in [1.165, 1.54) is 0 Å². The molecule has 0 amide bonds. The van der Waals surface area contributed by atoms with E-state index in [2.05, 4.69) is 27.2 Å². The van der Waals surface area contributed by atoms with Crippen molar-refractivity contribution in [3.8, 4) is 11.6 Å². The van der Waals surface area contributed by atoms with Crippen molar-refractivity contribution >= 4 is 5.82 Å². The molecule has 106 valence electrons. The Morgan fingerprint density at radius 2 is 1.85 bits per heavy atom. The summed E-state index contributed by atoms with van der Waals surface area (Å²) in [4.78, 5) is 13.2. The van der Waals surface area contributed by atoms with E-state index in [1.54, 1.807) is 0 Å². The Morgan fingerprint density at radius 3 is 2.50 bits per heavy atom. The van der Waals surface area contributed by atoms with Crippen molar-refractivity contribution < 1.29 is 4.74 Å². The minimum atomic E-state index is 0.571. The summed E-state index contributed by atoms with van der Waals surface area (Å²) in [5.74, 6) is 2.78. The molecule has 0 aromatic carbocycles. The third-order valence-electron chi connectivity index (χ3n) is 3.06. The van der Waals surface area contributed by atoms with Gasteiger partial charge in [-0.05, 0) is 39.3 Å². The molecule has 0 atom stereocenters. The van der Waals surface area contributed by atoms with Gasteiger partial charge in [0.15, 0.2) is 5.75 Å². The summed E-state index contributed by atoms with van der Waals surface area (Å²) in [5, 5.41) is 3.05. The van der Waals surface area contributed by atoms with Gasteiger partial charge in [0.25, 0.3) is 0 Å². The van der Waals surface area contributed by atoms with E-state index in [4.69, 9.17) is 4.74 Å². The lowest BCUT2D eigenvalue weighted by Crippen LogP contribution is -2.04. The molecule has 0 unspecified atom stereocenters. The van der Waals surface area contributed by atoms with Crippen LogP contribution >= 0.6 is 0 Å². The lowest BCUT2D eigenvalue weighted by Gasteiger charge is -2.13. The van der Waals surface area contributed by atoms with Crippen molar-refractivity contribution in [2.75, 3.05) is 12.4 Å². The molecule has 2 rings (SSSR count). The number of hydrogen-bond donors (Lipinski definition) is 1. The second-order valence-corrected chi connectivity index (χ2v) is 4.65. The molecule has 1 N–H and O–H groups in total. The van der Waals surface area contributed by atoms with E-state index in [1.807, 2.05) is 40.0 Å². The monoisotopic (exact) mass is 272 g/mol. The normalized spacial score (nSPS) is 10.4. The van der Waals surface area contributed by atoms with Gasteiger partial charge in [0, 0.05) is 12.7 Å². The average molecular weight is 272 g/mol. The lowest BCUT2D eigenvalue weighted by molar-refractivity contribution is 0.447. The van der Waals surface area contributed by atoms with Crippen LogP contribution in [0.2, 0.25) is 0 Å². The fourth-order valence-corrected chi connectivity index (χ4v) is 1.99. The number of aromatic nitrogens is 3. The minimum Gasteiger partial charge on any atom is -0.437 e. The van der Waals surface area contributed by atoms with Crippen LogP contribution < -0.4 is 10.1 Å². The van der Waals surface area contributed by atoms with Gasteiger partial charge in [0.2, 0.25) is 5.88 Å². The minimum absolute atomic E-state index is 0.571. The molecule has 0 fully saturated rings. The first-order valence-corrected chi connectivity index (χ1v) is 6.72. The third kappa shape index (κ3) is 2.87. The Labute approximate surface area is 119 Å². The van der Waals surface area contributed by atoms with Crippen LogP contribution in [-0.4, -0.2) is 22.0 Å². The number of nitrogens with one attached hydrogen (secondary N) is 1. The van der Waals surface area contributed by atoms with Crippen LogP contribution in [0.3, 0.4) is 0 Å². The number of pyridine rings is 1. The van der Waals surface area contributed by atoms with Crippen LogP contribution in [0, 0.1) is 20.8 Å². The molecule has 0 aliphatic rings. The number of ether oxygens (including phenoxy) is 1. The van der Waals surface area contributed by atoms with Crippen molar-refractivity contribution in [1.82, 2.24) is 15.0 Å². The molecule has 20 heavy (non-hydrogen) atoms. The number of anilines is 1. The van der Waals surface area contributed by atoms with Crippen molar-refractivity contribution in [3.63, 3.8) is 0 Å². The highest BCUT2D eigenvalue weighted by Gasteiger charge is 2.12. The van der Waals surface area contributed by atoms with Crippen molar-refractivity contribution in [3.05, 3.63) is 34.9 Å². The number of rotatable bonds is 4. The fraction of sp³-hybridized carbons (Fsp3) is 0.400. The zero-order valence-electron chi connectivity index (χ0n) is 12.6. The number of hydrogen-bond acceptors (Lipinski definition) is 5. The molecule has 0 bridgehead atoms. The third-order valence-corrected chi connectivity index (χ3v) is 3.06. The van der Waals surface area contributed by atoms with E-state index in [-0.39, 0.29) is 0 Å². The largest absolute Gasteiger partial charge is 0.437 e. The van der Waals surface area contributed by atoms with E-state index in [0.717, 1.165) is 34.9 Å². The highest BCUT2D eigenvalue weighted by atomic mass is 16.5. The van der Waals surface area contributed by atoms with Gasteiger partial charge >= 0.3 is 0 Å². The van der Waals surface area contributed by atoms with Crippen LogP contribution in [0.5, 0.6) is 11.6 Å². The van der Waals surface area contributed by atoms with Crippen LogP contribution in [0.4, 0.5) is 5.82 Å².